The molecule has 0 saturated carbocycles. The van der Waals surface area contributed by atoms with Crippen LogP contribution in [0.4, 0.5) is 0 Å². The maximum atomic E-state index is 12.2. The summed E-state index contributed by atoms with van der Waals surface area (Å²) in [6.45, 7) is 2.89. The lowest BCUT2D eigenvalue weighted by molar-refractivity contribution is 0.0989. The smallest absolute Gasteiger partial charge is 0.297 e. The molecule has 0 amide bonds. The molecule has 1 N–H and O–H groups in total. The molecule has 1 saturated heterocycles. The summed E-state index contributed by atoms with van der Waals surface area (Å²) < 4.78 is 47.6. The molecular weight excluding hydrogens is 632 g/mol. The molecule has 5 heterocycles. The monoisotopic (exact) mass is 666 g/mol. The lowest BCUT2D eigenvalue weighted by Crippen LogP contribution is -2.26. The van der Waals surface area contributed by atoms with Crippen LogP contribution in [-0.4, -0.2) is 82.2 Å². The molecule has 1 aliphatic rings. The molecule has 0 bridgehead atoms. The molecule has 1 aromatic carbocycles. The number of methoxy groups -OCH3 is 2. The Balaban J connectivity index is 0.000000205. The van der Waals surface area contributed by atoms with Crippen LogP contribution in [0.5, 0.6) is 11.8 Å². The number of rotatable bonds is 12. The van der Waals surface area contributed by atoms with Gasteiger partial charge in [0, 0.05) is 25.2 Å². The molecule has 0 spiro atoms. The number of aliphatic hydroxyl groups excluding tert-OH is 1. The number of nitrogens with zero attached hydrogens (tertiary/aromatic N) is 6. The summed E-state index contributed by atoms with van der Waals surface area (Å²) in [5.41, 5.74) is 2.44. The number of benzene rings is 1. The van der Waals surface area contributed by atoms with Gasteiger partial charge >= 0.3 is 0 Å². The number of epoxide rings is 1. The molecule has 1 fully saturated rings. The summed E-state index contributed by atoms with van der Waals surface area (Å²) in [5, 5.41) is 10.2. The van der Waals surface area contributed by atoms with Crippen molar-refractivity contribution >= 4 is 32.4 Å². The second kappa shape index (κ2) is 14.8. The van der Waals surface area contributed by atoms with Crippen LogP contribution < -0.4 is 20.6 Å². The van der Waals surface area contributed by atoms with Crippen molar-refractivity contribution in [1.29, 1.82) is 0 Å². The second-order valence-corrected chi connectivity index (χ2v) is 12.2. The van der Waals surface area contributed by atoms with Gasteiger partial charge < -0.3 is 19.3 Å². The van der Waals surface area contributed by atoms with E-state index in [1.165, 1.54) is 36.2 Å². The van der Waals surface area contributed by atoms with Crippen LogP contribution >= 0.6 is 0 Å². The number of aliphatic hydroxyl groups is 1. The van der Waals surface area contributed by atoms with Crippen molar-refractivity contribution < 1.29 is 31.9 Å². The summed E-state index contributed by atoms with van der Waals surface area (Å²) in [4.78, 5) is 40.7. The average molecular weight is 667 g/mol. The van der Waals surface area contributed by atoms with Gasteiger partial charge in [0.15, 0.2) is 11.3 Å². The van der Waals surface area contributed by atoms with Crippen LogP contribution in [-0.2, 0) is 32.1 Å². The first-order valence-electron chi connectivity index (χ1n) is 14.6. The number of hydrogen-bond acceptors (Lipinski definition) is 13. The van der Waals surface area contributed by atoms with Gasteiger partial charge in [-0.05, 0) is 44.0 Å². The van der Waals surface area contributed by atoms with Crippen molar-refractivity contribution in [1.82, 2.24) is 29.1 Å². The molecule has 1 aliphatic heterocycles. The summed E-state index contributed by atoms with van der Waals surface area (Å²) in [7, 11) is -0.967. The van der Waals surface area contributed by atoms with E-state index in [1.54, 1.807) is 48.1 Å². The predicted octanol–water partition coefficient (Wildman–Crippen LogP) is 1.85. The van der Waals surface area contributed by atoms with E-state index in [0.29, 0.717) is 40.6 Å². The number of hydrogen-bond donors (Lipinski definition) is 1. The fraction of sp³-hybridized carbons (Fsp3) is 0.355. The minimum atomic E-state index is -3.97. The Hall–Kier alpha value is -4.77. The van der Waals surface area contributed by atoms with Crippen molar-refractivity contribution in [3.8, 4) is 11.8 Å². The number of aryl methyl sites for hydroxylation is 3. The minimum absolute atomic E-state index is 0.0166. The zero-order valence-corrected chi connectivity index (χ0v) is 26.8. The number of fused-ring (bicyclic) bond motifs is 2. The second-order valence-electron chi connectivity index (χ2n) is 10.6. The van der Waals surface area contributed by atoms with E-state index in [1.807, 2.05) is 6.92 Å². The Kier molecular flexibility index (Phi) is 10.6. The summed E-state index contributed by atoms with van der Waals surface area (Å²) in [6.07, 6.45) is 2.58. The van der Waals surface area contributed by atoms with Crippen LogP contribution in [0.2, 0.25) is 0 Å². The standard InChI is InChI=1S/C19H21N3O6S.C12H13N3O3/c1-13-3-5-15(6-4-13)29(25,26)28-12-14(23)9-10-22-18(24)11-20-16-7-8-17(27-2)21-19(16)22;1-17-10-3-2-9-12(14-10)15(11(16)6-13-9)5-4-8-7-18-8/h3-8,11,14,23H,9-10,12H2,1-2H3;2-3,6,8H,4-5,7H2,1H3/t14-;8-/m00/s1. The zero-order chi connectivity index (χ0) is 33.6. The Morgan fingerprint density at radius 2 is 1.40 bits per heavy atom. The van der Waals surface area contributed by atoms with Crippen LogP contribution in [0.1, 0.15) is 18.4 Å². The highest BCUT2D eigenvalue weighted by atomic mass is 32.2. The Labute approximate surface area is 269 Å². The molecule has 0 unspecified atom stereocenters. The highest BCUT2D eigenvalue weighted by Crippen LogP contribution is 2.18. The van der Waals surface area contributed by atoms with Crippen LogP contribution in [0.25, 0.3) is 22.3 Å². The quantitative estimate of drug-likeness (QED) is 0.150. The van der Waals surface area contributed by atoms with Gasteiger partial charge in [-0.3, -0.25) is 22.9 Å². The van der Waals surface area contributed by atoms with Gasteiger partial charge in [-0.15, -0.1) is 0 Å². The molecule has 2 atom stereocenters. The molecular formula is C31H34N6O9S. The van der Waals surface area contributed by atoms with Crippen molar-refractivity contribution in [2.24, 2.45) is 0 Å². The Morgan fingerprint density at radius 3 is 1.91 bits per heavy atom. The van der Waals surface area contributed by atoms with Crippen molar-refractivity contribution in [3.63, 3.8) is 0 Å². The minimum Gasteiger partial charge on any atom is -0.481 e. The molecule has 0 radical (unpaired) electrons. The lowest BCUT2D eigenvalue weighted by atomic mass is 10.2. The SMILES string of the molecule is COc1ccc2ncc(=O)n(CC[C@H](O)COS(=O)(=O)c3ccc(C)cc3)c2n1.COc1ccc2ncc(=O)n(CC[C@H]3CO3)c2n1. The fourth-order valence-corrected chi connectivity index (χ4v) is 5.46. The predicted molar refractivity (Wildman–Crippen MR) is 170 cm³/mol. The normalized spacial score (nSPS) is 14.8. The van der Waals surface area contributed by atoms with Gasteiger partial charge in [0.05, 0.1) is 56.9 Å². The van der Waals surface area contributed by atoms with E-state index in [-0.39, 0.29) is 29.5 Å². The van der Waals surface area contributed by atoms with Gasteiger partial charge in [0.2, 0.25) is 11.8 Å². The van der Waals surface area contributed by atoms with E-state index in [0.717, 1.165) is 18.6 Å². The Morgan fingerprint density at radius 1 is 0.872 bits per heavy atom. The molecule has 248 valence electrons. The van der Waals surface area contributed by atoms with Crippen molar-refractivity contribution in [3.05, 3.63) is 87.2 Å². The Bertz CT molecular complexity index is 2080. The first-order chi connectivity index (χ1) is 22.6. The summed E-state index contributed by atoms with van der Waals surface area (Å²) in [5.74, 6) is 0.804. The van der Waals surface area contributed by atoms with Crippen molar-refractivity contribution in [2.45, 2.75) is 50.0 Å². The first-order valence-corrected chi connectivity index (χ1v) is 16.1. The maximum Gasteiger partial charge on any atom is 0.297 e. The van der Waals surface area contributed by atoms with Gasteiger partial charge in [-0.2, -0.15) is 18.4 Å². The van der Waals surface area contributed by atoms with Gasteiger partial charge in [-0.1, -0.05) is 17.7 Å². The molecule has 5 aromatic rings. The molecule has 47 heavy (non-hydrogen) atoms. The summed E-state index contributed by atoms with van der Waals surface area (Å²) >= 11 is 0. The third-order valence-corrected chi connectivity index (χ3v) is 8.53. The average Bonchev–Trinajstić information content (AvgIpc) is 3.91. The van der Waals surface area contributed by atoms with Gasteiger partial charge in [0.1, 0.15) is 11.0 Å². The lowest BCUT2D eigenvalue weighted by Gasteiger charge is -2.14. The molecule has 16 heteroatoms. The number of aromatic nitrogens is 6. The van der Waals surface area contributed by atoms with E-state index in [9.17, 15) is 23.1 Å². The molecule has 0 aliphatic carbocycles. The topological polar surface area (TPSA) is 190 Å². The molecule has 4 aromatic heterocycles. The van der Waals surface area contributed by atoms with Crippen molar-refractivity contribution in [2.75, 3.05) is 27.4 Å². The maximum absolute atomic E-state index is 12.2. The van der Waals surface area contributed by atoms with Gasteiger partial charge in [0.25, 0.3) is 21.2 Å². The molecule has 6 rings (SSSR count). The fourth-order valence-electron chi connectivity index (χ4n) is 4.51. The third kappa shape index (κ3) is 8.53. The first kappa shape index (κ1) is 33.6. The van der Waals surface area contributed by atoms with Crippen LogP contribution in [0.15, 0.2) is 75.4 Å². The highest BCUT2D eigenvalue weighted by Gasteiger charge is 2.22. The number of pyridine rings is 2. The molecule has 15 nitrogen and oxygen atoms in total. The van der Waals surface area contributed by atoms with E-state index in [2.05, 4.69) is 19.9 Å². The van der Waals surface area contributed by atoms with E-state index < -0.39 is 28.4 Å². The zero-order valence-electron chi connectivity index (χ0n) is 26.0. The van der Waals surface area contributed by atoms with E-state index in [4.69, 9.17) is 18.4 Å². The third-order valence-electron chi connectivity index (χ3n) is 7.24. The van der Waals surface area contributed by atoms with E-state index >= 15 is 0 Å². The van der Waals surface area contributed by atoms with Gasteiger partial charge in [-0.25, -0.2) is 9.97 Å². The van der Waals surface area contributed by atoms with Crippen LogP contribution in [0, 0.1) is 6.92 Å². The number of ether oxygens (including phenoxy) is 3. The summed E-state index contributed by atoms with van der Waals surface area (Å²) in [6, 6.07) is 13.0. The largest absolute Gasteiger partial charge is 0.481 e. The van der Waals surface area contributed by atoms with Crippen LogP contribution in [0.3, 0.4) is 0 Å². The highest BCUT2D eigenvalue weighted by molar-refractivity contribution is 7.86.